The first kappa shape index (κ1) is 11.0. The average Bonchev–Trinajstić information content (AvgIpc) is 2.25. The van der Waals surface area contributed by atoms with Gasteiger partial charge in [-0.3, -0.25) is 0 Å². The van der Waals surface area contributed by atoms with E-state index in [1.165, 1.54) is 0 Å². The summed E-state index contributed by atoms with van der Waals surface area (Å²) in [6, 6.07) is 6.10. The molecule has 3 N–H and O–H groups in total. The van der Waals surface area contributed by atoms with E-state index in [0.717, 1.165) is 5.56 Å². The van der Waals surface area contributed by atoms with Crippen LogP contribution in [0.15, 0.2) is 24.3 Å². The Kier molecular flexibility index (Phi) is 4.15. The molecule has 2 amide bonds. The van der Waals surface area contributed by atoms with Crippen LogP contribution >= 0.6 is 0 Å². The fourth-order valence-corrected chi connectivity index (χ4v) is 0.993. The maximum Gasteiger partial charge on any atom is 0.315 e. The zero-order chi connectivity index (χ0) is 11.1. The van der Waals surface area contributed by atoms with Crippen molar-refractivity contribution in [3.8, 4) is 5.75 Å². The number of hydrogen-bond donors (Lipinski definition) is 3. The lowest BCUT2D eigenvalue weighted by molar-refractivity contribution is -0.107. The van der Waals surface area contributed by atoms with Gasteiger partial charge in [0.05, 0.1) is 6.54 Å². The summed E-state index contributed by atoms with van der Waals surface area (Å²) >= 11 is 0. The Morgan fingerprint density at radius 3 is 2.53 bits per heavy atom. The monoisotopic (exact) mass is 208 g/mol. The van der Waals surface area contributed by atoms with Gasteiger partial charge in [0.2, 0.25) is 0 Å². The van der Waals surface area contributed by atoms with Crippen molar-refractivity contribution in [2.75, 3.05) is 6.54 Å². The molecule has 80 valence electrons. The van der Waals surface area contributed by atoms with Crippen LogP contribution in [0, 0.1) is 0 Å². The number of benzene rings is 1. The SMILES string of the molecule is O=CCNC(=O)NCc1ccc(O)cc1. The highest BCUT2D eigenvalue weighted by atomic mass is 16.3. The standard InChI is InChI=1S/C10H12N2O3/c13-6-5-11-10(15)12-7-8-1-3-9(14)4-2-8/h1-4,6,14H,5,7H2,(H2,11,12,15). The number of aldehydes is 1. The van der Waals surface area contributed by atoms with Gasteiger partial charge in [0.25, 0.3) is 0 Å². The summed E-state index contributed by atoms with van der Waals surface area (Å²) in [5, 5.41) is 13.9. The van der Waals surface area contributed by atoms with Crippen LogP contribution in [0.5, 0.6) is 5.75 Å². The quantitative estimate of drug-likeness (QED) is 0.626. The van der Waals surface area contributed by atoms with Crippen molar-refractivity contribution in [3.63, 3.8) is 0 Å². The minimum atomic E-state index is -0.393. The minimum Gasteiger partial charge on any atom is -0.508 e. The molecule has 0 bridgehead atoms. The number of nitrogens with one attached hydrogen (secondary N) is 2. The average molecular weight is 208 g/mol. The van der Waals surface area contributed by atoms with Crippen LogP contribution in [0.2, 0.25) is 0 Å². The zero-order valence-electron chi connectivity index (χ0n) is 8.06. The van der Waals surface area contributed by atoms with E-state index in [1.807, 2.05) is 0 Å². The van der Waals surface area contributed by atoms with Gasteiger partial charge in [0, 0.05) is 6.54 Å². The molecule has 0 spiro atoms. The number of carbonyl (C=O) groups is 2. The number of phenols is 1. The van der Waals surface area contributed by atoms with Gasteiger partial charge in [-0.15, -0.1) is 0 Å². The summed E-state index contributed by atoms with van der Waals surface area (Å²) in [4.78, 5) is 21.0. The second-order valence-corrected chi connectivity index (χ2v) is 2.90. The largest absolute Gasteiger partial charge is 0.508 e. The van der Waals surface area contributed by atoms with E-state index in [1.54, 1.807) is 24.3 Å². The first-order valence-electron chi connectivity index (χ1n) is 4.45. The number of urea groups is 1. The predicted octanol–water partition coefficient (Wildman–Crippen LogP) is 0.390. The lowest BCUT2D eigenvalue weighted by Gasteiger charge is -2.05. The van der Waals surface area contributed by atoms with Crippen molar-refractivity contribution in [1.29, 1.82) is 0 Å². The summed E-state index contributed by atoms with van der Waals surface area (Å²) < 4.78 is 0. The van der Waals surface area contributed by atoms with Crippen molar-refractivity contribution in [2.24, 2.45) is 0 Å². The Morgan fingerprint density at radius 1 is 1.27 bits per heavy atom. The van der Waals surface area contributed by atoms with E-state index in [9.17, 15) is 9.59 Å². The Balaban J connectivity index is 2.33. The molecular weight excluding hydrogens is 196 g/mol. The topological polar surface area (TPSA) is 78.4 Å². The van der Waals surface area contributed by atoms with Gasteiger partial charge >= 0.3 is 6.03 Å². The van der Waals surface area contributed by atoms with Gasteiger partial charge < -0.3 is 20.5 Å². The van der Waals surface area contributed by atoms with Gasteiger partial charge in [-0.25, -0.2) is 4.79 Å². The molecule has 0 heterocycles. The fourth-order valence-electron chi connectivity index (χ4n) is 0.993. The van der Waals surface area contributed by atoms with Crippen molar-refractivity contribution in [1.82, 2.24) is 10.6 Å². The smallest absolute Gasteiger partial charge is 0.315 e. The number of carbonyl (C=O) groups excluding carboxylic acids is 2. The van der Waals surface area contributed by atoms with Crippen LogP contribution in [-0.2, 0) is 11.3 Å². The van der Waals surface area contributed by atoms with Gasteiger partial charge in [0.1, 0.15) is 12.0 Å². The molecule has 0 saturated heterocycles. The second-order valence-electron chi connectivity index (χ2n) is 2.90. The van der Waals surface area contributed by atoms with E-state index < -0.39 is 6.03 Å². The Hall–Kier alpha value is -2.04. The molecule has 0 saturated carbocycles. The molecule has 0 radical (unpaired) electrons. The van der Waals surface area contributed by atoms with E-state index in [2.05, 4.69) is 10.6 Å². The minimum absolute atomic E-state index is 0.00140. The third-order valence-electron chi connectivity index (χ3n) is 1.74. The molecule has 0 fully saturated rings. The van der Waals surface area contributed by atoms with Crippen LogP contribution in [0.4, 0.5) is 4.79 Å². The van der Waals surface area contributed by atoms with Gasteiger partial charge in [-0.2, -0.15) is 0 Å². The van der Waals surface area contributed by atoms with E-state index >= 15 is 0 Å². The molecule has 0 aromatic heterocycles. The van der Waals surface area contributed by atoms with E-state index in [0.29, 0.717) is 12.8 Å². The molecule has 5 heteroatoms. The van der Waals surface area contributed by atoms with E-state index in [4.69, 9.17) is 5.11 Å². The van der Waals surface area contributed by atoms with Gasteiger partial charge in [0.15, 0.2) is 0 Å². The fraction of sp³-hybridized carbons (Fsp3) is 0.200. The molecule has 0 atom stereocenters. The highest BCUT2D eigenvalue weighted by Gasteiger charge is 1.98. The van der Waals surface area contributed by atoms with Crippen LogP contribution in [-0.4, -0.2) is 24.0 Å². The lowest BCUT2D eigenvalue weighted by atomic mass is 10.2. The highest BCUT2D eigenvalue weighted by Crippen LogP contribution is 2.08. The van der Waals surface area contributed by atoms with Crippen molar-refractivity contribution in [3.05, 3.63) is 29.8 Å². The highest BCUT2D eigenvalue weighted by molar-refractivity contribution is 5.76. The van der Waals surface area contributed by atoms with Crippen LogP contribution in [0.1, 0.15) is 5.56 Å². The first-order chi connectivity index (χ1) is 7.22. The molecule has 1 rings (SSSR count). The second kappa shape index (κ2) is 5.64. The maximum absolute atomic E-state index is 11.0. The van der Waals surface area contributed by atoms with Crippen molar-refractivity contribution < 1.29 is 14.7 Å². The molecule has 5 nitrogen and oxygen atoms in total. The molecule has 1 aromatic carbocycles. The molecule has 0 unspecified atom stereocenters. The Bertz CT molecular complexity index is 335. The molecule has 0 aliphatic carbocycles. The number of phenolic OH excluding ortho intramolecular Hbond substituents is 1. The summed E-state index contributed by atoms with van der Waals surface area (Å²) in [6.45, 7) is 0.354. The summed E-state index contributed by atoms with van der Waals surface area (Å²) in [5.74, 6) is 0.184. The van der Waals surface area contributed by atoms with Crippen LogP contribution < -0.4 is 10.6 Å². The maximum atomic E-state index is 11.0. The number of rotatable bonds is 4. The third kappa shape index (κ3) is 4.12. The summed E-state index contributed by atoms with van der Waals surface area (Å²) in [7, 11) is 0. The lowest BCUT2D eigenvalue weighted by Crippen LogP contribution is -2.35. The molecule has 0 aliphatic rings. The van der Waals surface area contributed by atoms with Crippen molar-refractivity contribution in [2.45, 2.75) is 6.54 Å². The molecular formula is C10H12N2O3. The summed E-state index contributed by atoms with van der Waals surface area (Å²) in [6.07, 6.45) is 0.611. The van der Waals surface area contributed by atoms with Crippen LogP contribution in [0.25, 0.3) is 0 Å². The Morgan fingerprint density at radius 2 is 1.93 bits per heavy atom. The molecule has 15 heavy (non-hydrogen) atoms. The number of amides is 2. The summed E-state index contributed by atoms with van der Waals surface area (Å²) in [5.41, 5.74) is 0.869. The van der Waals surface area contributed by atoms with Gasteiger partial charge in [-0.05, 0) is 17.7 Å². The van der Waals surface area contributed by atoms with E-state index in [-0.39, 0.29) is 12.3 Å². The third-order valence-corrected chi connectivity index (χ3v) is 1.74. The Labute approximate surface area is 87.1 Å². The molecule has 0 aliphatic heterocycles. The predicted molar refractivity (Wildman–Crippen MR) is 54.4 cm³/mol. The number of hydrogen-bond acceptors (Lipinski definition) is 3. The zero-order valence-corrected chi connectivity index (χ0v) is 8.06. The normalized spacial score (nSPS) is 9.33. The first-order valence-corrected chi connectivity index (χ1v) is 4.45. The molecule has 1 aromatic rings. The van der Waals surface area contributed by atoms with Gasteiger partial charge in [-0.1, -0.05) is 12.1 Å². The number of aromatic hydroxyl groups is 1. The van der Waals surface area contributed by atoms with Crippen molar-refractivity contribution >= 4 is 12.3 Å². The van der Waals surface area contributed by atoms with Crippen LogP contribution in [0.3, 0.4) is 0 Å².